The lowest BCUT2D eigenvalue weighted by molar-refractivity contribution is 0.102. The van der Waals surface area contributed by atoms with Gasteiger partial charge in [-0.2, -0.15) is 0 Å². The Morgan fingerprint density at radius 2 is 1.96 bits per heavy atom. The standard InChI is InChI=1S/C19H20F2N2O4S/c1-12-15(20)6-7-16(17(12)21)22-18(24)13-4-3-5-14(10-13)28(25,26)23-19(2)8-9-27-11-19/h3-7,10,23H,8-9,11H2,1-2H3,(H,22,24)/t19-/m0/s1. The lowest BCUT2D eigenvalue weighted by Gasteiger charge is -2.23. The van der Waals surface area contributed by atoms with Crippen molar-refractivity contribution in [3.8, 4) is 0 Å². The summed E-state index contributed by atoms with van der Waals surface area (Å²) in [5.41, 5.74) is -1.10. The number of anilines is 1. The molecule has 2 aromatic carbocycles. The van der Waals surface area contributed by atoms with E-state index in [0.717, 1.165) is 12.1 Å². The molecule has 0 aromatic heterocycles. The van der Waals surface area contributed by atoms with Crippen LogP contribution in [-0.4, -0.2) is 33.1 Å². The molecule has 1 aliphatic rings. The molecule has 1 heterocycles. The molecule has 9 heteroatoms. The molecule has 1 saturated heterocycles. The molecule has 0 spiro atoms. The molecule has 0 unspecified atom stereocenters. The van der Waals surface area contributed by atoms with Crippen molar-refractivity contribution in [3.63, 3.8) is 0 Å². The maximum Gasteiger partial charge on any atom is 0.255 e. The number of carbonyl (C=O) groups excluding carboxylic acids is 1. The van der Waals surface area contributed by atoms with E-state index in [1.807, 2.05) is 0 Å². The van der Waals surface area contributed by atoms with Crippen molar-refractivity contribution in [3.05, 3.63) is 59.2 Å². The topological polar surface area (TPSA) is 84.5 Å². The summed E-state index contributed by atoms with van der Waals surface area (Å²) in [6.45, 7) is 3.72. The van der Waals surface area contributed by atoms with Gasteiger partial charge in [-0.1, -0.05) is 6.07 Å². The van der Waals surface area contributed by atoms with Gasteiger partial charge in [0.1, 0.15) is 5.82 Å². The molecule has 0 saturated carbocycles. The summed E-state index contributed by atoms with van der Waals surface area (Å²) >= 11 is 0. The maximum atomic E-state index is 14.1. The molecule has 1 amide bonds. The molecular formula is C19H20F2N2O4S. The van der Waals surface area contributed by atoms with Gasteiger partial charge in [-0.3, -0.25) is 4.79 Å². The van der Waals surface area contributed by atoms with Crippen LogP contribution in [0, 0.1) is 18.6 Å². The first-order chi connectivity index (χ1) is 13.1. The van der Waals surface area contributed by atoms with Gasteiger partial charge in [-0.05, 0) is 50.6 Å². The second-order valence-corrected chi connectivity index (χ2v) is 8.67. The summed E-state index contributed by atoms with van der Waals surface area (Å²) in [6.07, 6.45) is 0.537. The Morgan fingerprint density at radius 1 is 1.21 bits per heavy atom. The Morgan fingerprint density at radius 3 is 2.64 bits per heavy atom. The van der Waals surface area contributed by atoms with Crippen LogP contribution in [0.5, 0.6) is 0 Å². The third-order valence-corrected chi connectivity index (χ3v) is 6.21. The van der Waals surface area contributed by atoms with Crippen molar-refractivity contribution >= 4 is 21.6 Å². The Balaban J connectivity index is 1.83. The molecule has 150 valence electrons. The molecule has 1 aliphatic heterocycles. The predicted molar refractivity (Wildman–Crippen MR) is 99.7 cm³/mol. The van der Waals surface area contributed by atoms with E-state index >= 15 is 0 Å². The van der Waals surface area contributed by atoms with Crippen LogP contribution in [0.1, 0.15) is 29.3 Å². The molecule has 3 rings (SSSR count). The van der Waals surface area contributed by atoms with Gasteiger partial charge in [-0.25, -0.2) is 21.9 Å². The third-order valence-electron chi connectivity index (χ3n) is 4.57. The Bertz CT molecular complexity index is 1020. The lowest BCUT2D eigenvalue weighted by Crippen LogP contribution is -2.46. The highest BCUT2D eigenvalue weighted by Gasteiger charge is 2.34. The number of benzene rings is 2. The quantitative estimate of drug-likeness (QED) is 0.794. The highest BCUT2D eigenvalue weighted by Crippen LogP contribution is 2.23. The minimum atomic E-state index is -3.89. The van der Waals surface area contributed by atoms with E-state index in [1.165, 1.54) is 31.2 Å². The van der Waals surface area contributed by atoms with Crippen molar-refractivity contribution in [2.24, 2.45) is 0 Å². The molecular weight excluding hydrogens is 390 g/mol. The summed E-state index contributed by atoms with van der Waals surface area (Å²) < 4.78 is 60.6. The van der Waals surface area contributed by atoms with Crippen LogP contribution >= 0.6 is 0 Å². The maximum absolute atomic E-state index is 14.1. The number of amides is 1. The first-order valence-electron chi connectivity index (χ1n) is 8.59. The monoisotopic (exact) mass is 410 g/mol. The first kappa shape index (κ1) is 20.4. The fraction of sp³-hybridized carbons (Fsp3) is 0.316. The van der Waals surface area contributed by atoms with Crippen molar-refractivity contribution < 1.29 is 26.7 Å². The van der Waals surface area contributed by atoms with Gasteiger partial charge >= 0.3 is 0 Å². The zero-order valence-corrected chi connectivity index (χ0v) is 16.2. The fourth-order valence-electron chi connectivity index (χ4n) is 2.89. The summed E-state index contributed by atoms with van der Waals surface area (Å²) in [6, 6.07) is 7.54. The van der Waals surface area contributed by atoms with Gasteiger partial charge < -0.3 is 10.1 Å². The second-order valence-electron chi connectivity index (χ2n) is 6.98. The predicted octanol–water partition coefficient (Wildman–Crippen LogP) is 2.98. The number of carbonyl (C=O) groups is 1. The van der Waals surface area contributed by atoms with Crippen LogP contribution in [0.25, 0.3) is 0 Å². The molecule has 28 heavy (non-hydrogen) atoms. The molecule has 2 aromatic rings. The van der Waals surface area contributed by atoms with Crippen LogP contribution in [0.15, 0.2) is 41.3 Å². The van der Waals surface area contributed by atoms with Gasteiger partial charge in [0.15, 0.2) is 5.82 Å². The second kappa shape index (κ2) is 7.57. The van der Waals surface area contributed by atoms with Crippen molar-refractivity contribution in [2.75, 3.05) is 18.5 Å². The molecule has 2 N–H and O–H groups in total. The number of sulfonamides is 1. The number of ether oxygens (including phenoxy) is 1. The zero-order chi connectivity index (χ0) is 20.5. The van der Waals surface area contributed by atoms with Crippen molar-refractivity contribution in [1.29, 1.82) is 0 Å². The van der Waals surface area contributed by atoms with Gasteiger partial charge in [0.25, 0.3) is 5.91 Å². The number of nitrogens with one attached hydrogen (secondary N) is 2. The summed E-state index contributed by atoms with van der Waals surface area (Å²) in [4.78, 5) is 12.3. The van der Waals surface area contributed by atoms with E-state index in [4.69, 9.17) is 4.74 Å². The van der Waals surface area contributed by atoms with Gasteiger partial charge in [-0.15, -0.1) is 0 Å². The minimum Gasteiger partial charge on any atom is -0.379 e. The van der Waals surface area contributed by atoms with Gasteiger partial charge in [0, 0.05) is 17.7 Å². The van der Waals surface area contributed by atoms with Crippen LogP contribution in [0.3, 0.4) is 0 Å². The zero-order valence-electron chi connectivity index (χ0n) is 15.4. The van der Waals surface area contributed by atoms with E-state index in [2.05, 4.69) is 10.0 Å². The number of halogens is 2. The summed E-state index contributed by atoms with van der Waals surface area (Å²) in [5, 5.41) is 2.34. The fourth-order valence-corrected chi connectivity index (χ4v) is 4.36. The number of hydrogen-bond donors (Lipinski definition) is 2. The Hall–Kier alpha value is -2.36. The highest BCUT2D eigenvalue weighted by atomic mass is 32.2. The van der Waals surface area contributed by atoms with Crippen LogP contribution in [0.2, 0.25) is 0 Å². The minimum absolute atomic E-state index is 0.0251. The average molecular weight is 410 g/mol. The summed E-state index contributed by atoms with van der Waals surface area (Å²) in [7, 11) is -3.89. The van der Waals surface area contributed by atoms with E-state index < -0.39 is 33.1 Å². The first-order valence-corrected chi connectivity index (χ1v) is 10.1. The molecule has 1 atom stereocenters. The third kappa shape index (κ3) is 4.21. The van der Waals surface area contributed by atoms with E-state index in [1.54, 1.807) is 6.92 Å². The molecule has 1 fully saturated rings. The molecule has 0 radical (unpaired) electrons. The highest BCUT2D eigenvalue weighted by molar-refractivity contribution is 7.89. The smallest absolute Gasteiger partial charge is 0.255 e. The number of rotatable bonds is 5. The Kier molecular flexibility index (Phi) is 5.51. The summed E-state index contributed by atoms with van der Waals surface area (Å²) in [5.74, 6) is -2.32. The SMILES string of the molecule is Cc1c(F)ccc(NC(=O)c2cccc(S(=O)(=O)N[C@@]3(C)CCOC3)c2)c1F. The van der Waals surface area contributed by atoms with Crippen molar-refractivity contribution in [2.45, 2.75) is 30.7 Å². The van der Waals surface area contributed by atoms with Crippen molar-refractivity contribution in [1.82, 2.24) is 4.72 Å². The number of hydrogen-bond acceptors (Lipinski definition) is 4. The van der Waals surface area contributed by atoms with Gasteiger partial charge in [0.05, 0.1) is 22.7 Å². The largest absolute Gasteiger partial charge is 0.379 e. The molecule has 0 bridgehead atoms. The van der Waals surface area contributed by atoms with Crippen LogP contribution in [-0.2, 0) is 14.8 Å². The average Bonchev–Trinajstić information content (AvgIpc) is 3.07. The molecule has 0 aliphatic carbocycles. The molecule has 6 nitrogen and oxygen atoms in total. The van der Waals surface area contributed by atoms with E-state index in [-0.39, 0.29) is 28.3 Å². The van der Waals surface area contributed by atoms with Crippen LogP contribution in [0.4, 0.5) is 14.5 Å². The van der Waals surface area contributed by atoms with E-state index in [9.17, 15) is 22.0 Å². The lowest BCUT2D eigenvalue weighted by atomic mass is 10.0. The van der Waals surface area contributed by atoms with Gasteiger partial charge in [0.2, 0.25) is 10.0 Å². The van der Waals surface area contributed by atoms with E-state index in [0.29, 0.717) is 13.0 Å². The van der Waals surface area contributed by atoms with Crippen LogP contribution < -0.4 is 10.0 Å². The normalized spacial score (nSPS) is 19.6. The Labute approximate surface area is 162 Å².